The second-order valence-electron chi connectivity index (χ2n) is 5.25. The Kier molecular flexibility index (Phi) is 4.17. The van der Waals surface area contributed by atoms with E-state index in [1.807, 2.05) is 6.92 Å². The zero-order valence-electron chi connectivity index (χ0n) is 11.7. The monoisotopic (exact) mass is 248 g/mol. The van der Waals surface area contributed by atoms with Crippen molar-refractivity contribution in [3.63, 3.8) is 0 Å². The van der Waals surface area contributed by atoms with Gasteiger partial charge in [-0.05, 0) is 45.1 Å². The minimum absolute atomic E-state index is 0.540. The highest BCUT2D eigenvalue weighted by atomic mass is 15.3. The predicted molar refractivity (Wildman–Crippen MR) is 74.6 cm³/mol. The molecule has 0 aliphatic heterocycles. The van der Waals surface area contributed by atoms with Crippen LogP contribution in [0.1, 0.15) is 43.0 Å². The second kappa shape index (κ2) is 5.65. The summed E-state index contributed by atoms with van der Waals surface area (Å²) in [6.45, 7) is 8.87. The molecule has 1 fully saturated rings. The Morgan fingerprint density at radius 1 is 1.28 bits per heavy atom. The zero-order valence-corrected chi connectivity index (χ0v) is 11.7. The Labute approximate surface area is 110 Å². The third-order valence-electron chi connectivity index (χ3n) is 4.15. The van der Waals surface area contributed by atoms with Crippen molar-refractivity contribution in [3.8, 4) is 0 Å². The molecule has 1 aliphatic rings. The molecule has 0 amide bonds. The lowest BCUT2D eigenvalue weighted by Crippen LogP contribution is -2.34. The highest BCUT2D eigenvalue weighted by Crippen LogP contribution is 2.30. The zero-order chi connectivity index (χ0) is 13.1. The molecule has 0 radical (unpaired) electrons. The fraction of sp³-hybridized carbons (Fsp3) is 0.714. The van der Waals surface area contributed by atoms with E-state index in [1.165, 1.54) is 24.8 Å². The van der Waals surface area contributed by atoms with Crippen molar-refractivity contribution in [2.45, 2.75) is 46.6 Å². The molecule has 2 rings (SSSR count). The van der Waals surface area contributed by atoms with Gasteiger partial charge >= 0.3 is 0 Å². The molecule has 1 aromatic rings. The number of rotatable bonds is 5. The quantitative estimate of drug-likeness (QED) is 0.867. The Morgan fingerprint density at radius 2 is 2.00 bits per heavy atom. The van der Waals surface area contributed by atoms with Crippen LogP contribution in [-0.4, -0.2) is 23.3 Å². The van der Waals surface area contributed by atoms with Gasteiger partial charge in [-0.2, -0.15) is 5.10 Å². The summed E-state index contributed by atoms with van der Waals surface area (Å²) in [5.74, 6) is 1.83. The summed E-state index contributed by atoms with van der Waals surface area (Å²) in [4.78, 5) is 2.34. The van der Waals surface area contributed by atoms with Crippen LogP contribution in [-0.2, 0) is 6.54 Å². The van der Waals surface area contributed by atoms with E-state index in [2.05, 4.69) is 28.9 Å². The normalized spacial score (nSPS) is 15.6. The third-order valence-corrected chi connectivity index (χ3v) is 4.15. The van der Waals surface area contributed by atoms with Gasteiger partial charge in [-0.15, -0.1) is 5.10 Å². The van der Waals surface area contributed by atoms with E-state index in [0.717, 1.165) is 36.1 Å². The molecule has 0 atom stereocenters. The molecular weight excluding hydrogens is 224 g/mol. The van der Waals surface area contributed by atoms with Crippen LogP contribution in [0.25, 0.3) is 0 Å². The first-order valence-electron chi connectivity index (χ1n) is 6.95. The van der Waals surface area contributed by atoms with Gasteiger partial charge in [-0.25, -0.2) is 0 Å². The van der Waals surface area contributed by atoms with Crippen LogP contribution in [0.4, 0.5) is 5.82 Å². The summed E-state index contributed by atoms with van der Waals surface area (Å²) in [6, 6.07) is 0. The molecule has 4 heteroatoms. The number of aromatic nitrogens is 2. The lowest BCUT2D eigenvalue weighted by atomic mass is 9.85. The maximum atomic E-state index is 5.90. The van der Waals surface area contributed by atoms with Gasteiger partial charge in [0.2, 0.25) is 0 Å². The summed E-state index contributed by atoms with van der Waals surface area (Å²) < 4.78 is 0. The molecular formula is C14H24N4. The molecule has 0 aromatic carbocycles. The summed E-state index contributed by atoms with van der Waals surface area (Å²) in [6.07, 6.45) is 4.09. The van der Waals surface area contributed by atoms with Gasteiger partial charge in [0.1, 0.15) is 0 Å². The molecule has 0 unspecified atom stereocenters. The number of nitrogens with two attached hydrogens (primary N) is 1. The van der Waals surface area contributed by atoms with Crippen LogP contribution < -0.4 is 10.6 Å². The number of hydrogen-bond donors (Lipinski definition) is 1. The van der Waals surface area contributed by atoms with Gasteiger partial charge < -0.3 is 10.6 Å². The van der Waals surface area contributed by atoms with Gasteiger partial charge in [0.15, 0.2) is 5.82 Å². The smallest absolute Gasteiger partial charge is 0.156 e. The molecule has 0 bridgehead atoms. The van der Waals surface area contributed by atoms with Crippen molar-refractivity contribution in [1.82, 2.24) is 10.2 Å². The lowest BCUT2D eigenvalue weighted by Gasteiger charge is -2.33. The largest absolute Gasteiger partial charge is 0.355 e. The van der Waals surface area contributed by atoms with Gasteiger partial charge in [0.05, 0.1) is 5.69 Å². The van der Waals surface area contributed by atoms with Crippen LogP contribution in [0, 0.1) is 19.8 Å². The number of anilines is 1. The molecule has 1 heterocycles. The van der Waals surface area contributed by atoms with Crippen molar-refractivity contribution in [3.05, 3.63) is 16.8 Å². The lowest BCUT2D eigenvalue weighted by molar-refractivity contribution is 0.317. The van der Waals surface area contributed by atoms with Crippen LogP contribution in [0.15, 0.2) is 0 Å². The minimum atomic E-state index is 0.540. The molecule has 1 aliphatic carbocycles. The summed E-state index contributed by atoms with van der Waals surface area (Å²) in [7, 11) is 0. The van der Waals surface area contributed by atoms with E-state index in [4.69, 9.17) is 5.73 Å². The number of hydrogen-bond acceptors (Lipinski definition) is 4. The third kappa shape index (κ3) is 2.48. The van der Waals surface area contributed by atoms with E-state index in [9.17, 15) is 0 Å². The highest BCUT2D eigenvalue weighted by molar-refractivity contribution is 5.50. The summed E-state index contributed by atoms with van der Waals surface area (Å²) in [5, 5.41) is 8.65. The SMILES string of the molecule is CCN(CC1CCC1)c1nnc(C)c(C)c1CN. The van der Waals surface area contributed by atoms with Crippen molar-refractivity contribution in [2.75, 3.05) is 18.0 Å². The fourth-order valence-corrected chi connectivity index (χ4v) is 2.49. The van der Waals surface area contributed by atoms with Crippen molar-refractivity contribution in [1.29, 1.82) is 0 Å². The predicted octanol–water partition coefficient (Wildman–Crippen LogP) is 2.18. The Bertz CT molecular complexity index is 413. The standard InChI is InChI=1S/C14H24N4/c1-4-18(9-12-6-5-7-12)14-13(8-15)10(2)11(3)16-17-14/h12H,4-9,15H2,1-3H3. The van der Waals surface area contributed by atoms with Crippen LogP contribution >= 0.6 is 0 Å². The van der Waals surface area contributed by atoms with Crippen molar-refractivity contribution in [2.24, 2.45) is 11.7 Å². The summed E-state index contributed by atoms with van der Waals surface area (Å²) in [5.41, 5.74) is 9.23. The maximum Gasteiger partial charge on any atom is 0.156 e. The molecule has 1 saturated carbocycles. The van der Waals surface area contributed by atoms with Gasteiger partial charge in [0, 0.05) is 25.2 Å². The molecule has 1 aromatic heterocycles. The fourth-order valence-electron chi connectivity index (χ4n) is 2.49. The Hall–Kier alpha value is -1.16. The van der Waals surface area contributed by atoms with Gasteiger partial charge in [0.25, 0.3) is 0 Å². The first-order chi connectivity index (χ1) is 8.67. The molecule has 18 heavy (non-hydrogen) atoms. The molecule has 2 N–H and O–H groups in total. The van der Waals surface area contributed by atoms with Gasteiger partial charge in [-0.1, -0.05) is 6.42 Å². The van der Waals surface area contributed by atoms with E-state index in [0.29, 0.717) is 6.54 Å². The molecule has 0 saturated heterocycles. The Morgan fingerprint density at radius 3 is 2.50 bits per heavy atom. The van der Waals surface area contributed by atoms with E-state index in [1.54, 1.807) is 0 Å². The minimum Gasteiger partial charge on any atom is -0.355 e. The average Bonchev–Trinajstić information content (AvgIpc) is 2.32. The Balaban J connectivity index is 2.25. The molecule has 0 spiro atoms. The van der Waals surface area contributed by atoms with E-state index in [-0.39, 0.29) is 0 Å². The van der Waals surface area contributed by atoms with E-state index < -0.39 is 0 Å². The summed E-state index contributed by atoms with van der Waals surface area (Å²) >= 11 is 0. The second-order valence-corrected chi connectivity index (χ2v) is 5.25. The highest BCUT2D eigenvalue weighted by Gasteiger charge is 2.23. The van der Waals surface area contributed by atoms with Crippen molar-refractivity contribution >= 4 is 5.82 Å². The first kappa shape index (κ1) is 13.3. The molecule has 100 valence electrons. The van der Waals surface area contributed by atoms with Gasteiger partial charge in [-0.3, -0.25) is 0 Å². The molecule has 4 nitrogen and oxygen atoms in total. The number of nitrogens with zero attached hydrogens (tertiary/aromatic N) is 3. The first-order valence-corrected chi connectivity index (χ1v) is 6.95. The maximum absolute atomic E-state index is 5.90. The van der Waals surface area contributed by atoms with Crippen LogP contribution in [0.2, 0.25) is 0 Å². The van der Waals surface area contributed by atoms with Crippen LogP contribution in [0.5, 0.6) is 0 Å². The van der Waals surface area contributed by atoms with Crippen molar-refractivity contribution < 1.29 is 0 Å². The topological polar surface area (TPSA) is 55.0 Å². The van der Waals surface area contributed by atoms with E-state index >= 15 is 0 Å². The number of aryl methyl sites for hydroxylation is 1. The average molecular weight is 248 g/mol. The van der Waals surface area contributed by atoms with Crippen LogP contribution in [0.3, 0.4) is 0 Å².